The van der Waals surface area contributed by atoms with Crippen molar-refractivity contribution in [3.05, 3.63) is 54.1 Å². The number of carbonyl (C=O) groups is 2. The van der Waals surface area contributed by atoms with E-state index in [-0.39, 0.29) is 17.9 Å². The molecule has 3 unspecified atom stereocenters. The normalized spacial score (nSPS) is 25.2. The fourth-order valence-electron chi connectivity index (χ4n) is 4.64. The van der Waals surface area contributed by atoms with Crippen LogP contribution in [0.15, 0.2) is 48.5 Å². The molecule has 2 aliphatic heterocycles. The number of anilines is 2. The van der Waals surface area contributed by atoms with Gasteiger partial charge in [0.25, 0.3) is 0 Å². The molecule has 0 aliphatic carbocycles. The van der Waals surface area contributed by atoms with Crippen LogP contribution in [-0.2, 0) is 15.1 Å². The number of methoxy groups -OCH3 is 1. The molecule has 6 heteroatoms. The van der Waals surface area contributed by atoms with Crippen LogP contribution < -0.4 is 20.7 Å². The van der Waals surface area contributed by atoms with E-state index in [0.717, 1.165) is 23.4 Å². The lowest BCUT2D eigenvalue weighted by atomic mass is 9.79. The highest BCUT2D eigenvalue weighted by atomic mass is 16.5. The second kappa shape index (κ2) is 7.52. The number of fused-ring (bicyclic) bond motifs is 2. The summed E-state index contributed by atoms with van der Waals surface area (Å²) in [6.07, 6.45) is 1.52. The summed E-state index contributed by atoms with van der Waals surface area (Å²) in [6, 6.07) is 14.9. The summed E-state index contributed by atoms with van der Waals surface area (Å²) >= 11 is 0. The standard InChI is InChI=1S/C23H27N3O3/c1-14(2)12-16-13-19(21(27)24-15-8-10-17(29-3)11-9-15)23(26-16)18-6-4-5-7-20(18)25-22(23)28/h4-11,14,16,19,26H,12-13H2,1-3H3,(H,24,27)(H,25,28). The Kier molecular flexibility index (Phi) is 5.04. The molecule has 2 aromatic carbocycles. The first-order chi connectivity index (χ1) is 13.9. The van der Waals surface area contributed by atoms with Crippen LogP contribution in [-0.4, -0.2) is 25.0 Å². The van der Waals surface area contributed by atoms with Crippen LogP contribution in [0.25, 0.3) is 0 Å². The van der Waals surface area contributed by atoms with E-state index < -0.39 is 11.5 Å². The van der Waals surface area contributed by atoms with E-state index in [4.69, 9.17) is 4.74 Å². The summed E-state index contributed by atoms with van der Waals surface area (Å²) in [4.78, 5) is 26.5. The largest absolute Gasteiger partial charge is 0.497 e. The van der Waals surface area contributed by atoms with Crippen molar-refractivity contribution in [3.63, 3.8) is 0 Å². The lowest BCUT2D eigenvalue weighted by Crippen LogP contribution is -2.52. The van der Waals surface area contributed by atoms with Gasteiger partial charge in [-0.25, -0.2) is 0 Å². The van der Waals surface area contributed by atoms with Crippen molar-refractivity contribution in [3.8, 4) is 5.75 Å². The third-order valence-corrected chi connectivity index (χ3v) is 5.86. The van der Waals surface area contributed by atoms with E-state index in [1.165, 1.54) is 0 Å². The maximum absolute atomic E-state index is 13.4. The van der Waals surface area contributed by atoms with Crippen LogP contribution >= 0.6 is 0 Å². The van der Waals surface area contributed by atoms with Crippen LogP contribution in [0.3, 0.4) is 0 Å². The van der Waals surface area contributed by atoms with Gasteiger partial charge in [-0.15, -0.1) is 0 Å². The number of ether oxygens (including phenoxy) is 1. The van der Waals surface area contributed by atoms with Gasteiger partial charge < -0.3 is 15.4 Å². The zero-order valence-electron chi connectivity index (χ0n) is 17.0. The van der Waals surface area contributed by atoms with Crippen LogP contribution in [0.1, 0.15) is 32.3 Å². The molecule has 2 heterocycles. The van der Waals surface area contributed by atoms with Crippen molar-refractivity contribution in [1.82, 2.24) is 5.32 Å². The molecule has 29 heavy (non-hydrogen) atoms. The smallest absolute Gasteiger partial charge is 0.250 e. The lowest BCUT2D eigenvalue weighted by molar-refractivity contribution is -0.130. The maximum atomic E-state index is 13.4. The SMILES string of the molecule is COc1ccc(NC(=O)C2CC(CC(C)C)NC23C(=O)Nc2ccccc23)cc1. The first kappa shape index (κ1) is 19.5. The van der Waals surface area contributed by atoms with Gasteiger partial charge in [-0.05, 0) is 49.1 Å². The lowest BCUT2D eigenvalue weighted by Gasteiger charge is -2.29. The van der Waals surface area contributed by atoms with E-state index in [1.54, 1.807) is 31.4 Å². The molecule has 2 amide bonds. The first-order valence-corrected chi connectivity index (χ1v) is 10.1. The predicted octanol–water partition coefficient (Wildman–Crippen LogP) is 3.51. The maximum Gasteiger partial charge on any atom is 0.250 e. The summed E-state index contributed by atoms with van der Waals surface area (Å²) in [6.45, 7) is 4.31. The molecule has 4 rings (SSSR count). The highest BCUT2D eigenvalue weighted by Crippen LogP contribution is 2.48. The third kappa shape index (κ3) is 3.38. The zero-order chi connectivity index (χ0) is 20.6. The Labute approximate surface area is 171 Å². The minimum Gasteiger partial charge on any atom is -0.497 e. The van der Waals surface area contributed by atoms with Gasteiger partial charge in [-0.2, -0.15) is 0 Å². The highest BCUT2D eigenvalue weighted by Gasteiger charge is 2.59. The fraction of sp³-hybridized carbons (Fsp3) is 0.391. The van der Waals surface area contributed by atoms with Gasteiger partial charge >= 0.3 is 0 Å². The Morgan fingerprint density at radius 1 is 1.21 bits per heavy atom. The van der Waals surface area contributed by atoms with Crippen molar-refractivity contribution in [2.24, 2.45) is 11.8 Å². The van der Waals surface area contributed by atoms with Gasteiger partial charge in [0.2, 0.25) is 11.8 Å². The predicted molar refractivity (Wildman–Crippen MR) is 113 cm³/mol. The molecule has 152 valence electrons. The molecule has 2 aromatic rings. The first-order valence-electron chi connectivity index (χ1n) is 10.1. The van der Waals surface area contributed by atoms with Crippen LogP contribution in [0.4, 0.5) is 11.4 Å². The highest BCUT2D eigenvalue weighted by molar-refractivity contribution is 6.10. The van der Waals surface area contributed by atoms with E-state index in [0.29, 0.717) is 18.0 Å². The van der Waals surface area contributed by atoms with E-state index >= 15 is 0 Å². The Balaban J connectivity index is 1.67. The molecule has 0 saturated carbocycles. The Bertz CT molecular complexity index is 925. The van der Waals surface area contributed by atoms with Crippen molar-refractivity contribution in [2.75, 3.05) is 17.7 Å². The zero-order valence-corrected chi connectivity index (χ0v) is 17.0. The topological polar surface area (TPSA) is 79.5 Å². The molecule has 3 atom stereocenters. The Morgan fingerprint density at radius 2 is 1.93 bits per heavy atom. The van der Waals surface area contributed by atoms with Crippen LogP contribution in [0, 0.1) is 11.8 Å². The minimum atomic E-state index is -1.04. The average Bonchev–Trinajstić information content (AvgIpc) is 3.21. The molecular weight excluding hydrogens is 366 g/mol. The van der Waals surface area contributed by atoms with Gasteiger partial charge in [0.05, 0.1) is 13.0 Å². The summed E-state index contributed by atoms with van der Waals surface area (Å²) in [7, 11) is 1.60. The monoisotopic (exact) mass is 393 g/mol. The minimum absolute atomic E-state index is 0.0959. The molecule has 3 N–H and O–H groups in total. The molecule has 0 radical (unpaired) electrons. The average molecular weight is 393 g/mol. The summed E-state index contributed by atoms with van der Waals surface area (Å²) < 4.78 is 5.18. The van der Waals surface area contributed by atoms with E-state index in [2.05, 4.69) is 29.8 Å². The molecular formula is C23H27N3O3. The molecule has 2 aliphatic rings. The van der Waals surface area contributed by atoms with Crippen molar-refractivity contribution in [2.45, 2.75) is 38.3 Å². The molecule has 1 saturated heterocycles. The van der Waals surface area contributed by atoms with Gasteiger partial charge in [-0.3, -0.25) is 14.9 Å². The van der Waals surface area contributed by atoms with Gasteiger partial charge in [0.15, 0.2) is 0 Å². The summed E-state index contributed by atoms with van der Waals surface area (Å²) in [5.74, 6) is 0.383. The molecule has 1 spiro atoms. The van der Waals surface area contributed by atoms with Gasteiger partial charge in [0, 0.05) is 23.0 Å². The fourth-order valence-corrected chi connectivity index (χ4v) is 4.64. The molecule has 0 bridgehead atoms. The van der Waals surface area contributed by atoms with E-state index in [1.807, 2.05) is 24.3 Å². The van der Waals surface area contributed by atoms with Crippen molar-refractivity contribution < 1.29 is 14.3 Å². The molecule has 1 fully saturated rings. The van der Waals surface area contributed by atoms with Crippen molar-refractivity contribution in [1.29, 1.82) is 0 Å². The number of amides is 2. The number of carbonyl (C=O) groups excluding carboxylic acids is 2. The number of benzene rings is 2. The van der Waals surface area contributed by atoms with Gasteiger partial charge in [0.1, 0.15) is 11.3 Å². The third-order valence-electron chi connectivity index (χ3n) is 5.86. The quantitative estimate of drug-likeness (QED) is 0.726. The molecule has 0 aromatic heterocycles. The Hall–Kier alpha value is -2.86. The molecule has 6 nitrogen and oxygen atoms in total. The summed E-state index contributed by atoms with van der Waals surface area (Å²) in [5, 5.41) is 9.51. The number of hydrogen-bond acceptors (Lipinski definition) is 4. The second-order valence-electron chi connectivity index (χ2n) is 8.28. The van der Waals surface area contributed by atoms with Crippen LogP contribution in [0.2, 0.25) is 0 Å². The van der Waals surface area contributed by atoms with Crippen molar-refractivity contribution >= 4 is 23.2 Å². The van der Waals surface area contributed by atoms with Crippen LogP contribution in [0.5, 0.6) is 5.75 Å². The number of para-hydroxylation sites is 1. The van der Waals surface area contributed by atoms with E-state index in [9.17, 15) is 9.59 Å². The Morgan fingerprint density at radius 3 is 2.62 bits per heavy atom. The van der Waals surface area contributed by atoms with Gasteiger partial charge in [-0.1, -0.05) is 32.0 Å². The second-order valence-corrected chi connectivity index (χ2v) is 8.28. The number of nitrogens with one attached hydrogen (secondary N) is 3. The summed E-state index contributed by atoms with van der Waals surface area (Å²) in [5.41, 5.74) is 1.28. The number of hydrogen-bond donors (Lipinski definition) is 3. The number of rotatable bonds is 5.